The molecule has 46 heavy (non-hydrogen) atoms. The second-order valence-electron chi connectivity index (χ2n) is 13.7. The number of rotatable bonds is 6. The van der Waals surface area contributed by atoms with E-state index in [0.29, 0.717) is 11.4 Å². The minimum atomic E-state index is -0.0476. The van der Waals surface area contributed by atoms with Gasteiger partial charge in [0, 0.05) is 22.2 Å². The number of nitrogens with zero attached hydrogens (tertiary/aromatic N) is 3. The molecule has 0 aliphatic rings. The molecule has 4 nitrogen and oxygen atoms in total. The molecule has 0 aliphatic heterocycles. The van der Waals surface area contributed by atoms with Crippen molar-refractivity contribution in [1.29, 1.82) is 0 Å². The van der Waals surface area contributed by atoms with Gasteiger partial charge in [0.2, 0.25) is 0 Å². The number of hydrogen-bond acceptors (Lipinski definition) is 5. The summed E-state index contributed by atoms with van der Waals surface area (Å²) in [4.78, 5) is 15.8. The van der Waals surface area contributed by atoms with Crippen LogP contribution in [-0.2, 0) is 10.8 Å². The van der Waals surface area contributed by atoms with Crippen molar-refractivity contribution in [3.63, 3.8) is 0 Å². The van der Waals surface area contributed by atoms with Gasteiger partial charge in [-0.15, -0.1) is 0 Å². The first-order valence-corrected chi connectivity index (χ1v) is 16.4. The normalized spacial score (nSPS) is 11.9. The fourth-order valence-corrected chi connectivity index (χ4v) is 6.17. The summed E-state index contributed by atoms with van der Waals surface area (Å²) >= 11 is 1.62. The summed E-state index contributed by atoms with van der Waals surface area (Å²) in [7, 11) is 0. The van der Waals surface area contributed by atoms with E-state index in [9.17, 15) is 5.11 Å². The first-order valence-electron chi connectivity index (χ1n) is 15.6. The number of pyridine rings is 1. The third-order valence-electron chi connectivity index (χ3n) is 8.00. The lowest BCUT2D eigenvalue weighted by molar-refractivity contribution is 0.477. The molecule has 0 atom stereocenters. The Morgan fingerprint density at radius 3 is 1.74 bits per heavy atom. The molecule has 0 saturated carbocycles. The molecule has 0 radical (unpaired) electrons. The Hall–Kier alpha value is -4.74. The lowest BCUT2D eigenvalue weighted by Gasteiger charge is -2.26. The van der Waals surface area contributed by atoms with E-state index in [-0.39, 0.29) is 16.6 Å². The Balaban J connectivity index is 1.60. The van der Waals surface area contributed by atoms with Gasteiger partial charge in [0.1, 0.15) is 10.8 Å². The summed E-state index contributed by atoms with van der Waals surface area (Å²) in [5.74, 6) is 0.627. The molecule has 4 aromatic carbocycles. The number of phenols is 1. The maximum atomic E-state index is 10.9. The predicted octanol–water partition coefficient (Wildman–Crippen LogP) is 11.0. The molecule has 2 heterocycles. The zero-order chi connectivity index (χ0) is 32.5. The maximum Gasteiger partial charge on any atom is 0.164 e. The van der Waals surface area contributed by atoms with Crippen molar-refractivity contribution in [1.82, 2.24) is 15.0 Å². The Labute approximate surface area is 276 Å². The van der Waals surface area contributed by atoms with Crippen LogP contribution < -0.4 is 0 Å². The Morgan fingerprint density at radius 2 is 1.13 bits per heavy atom. The monoisotopic (exact) mass is 621 g/mol. The highest BCUT2D eigenvalue weighted by molar-refractivity contribution is 7.99. The summed E-state index contributed by atoms with van der Waals surface area (Å²) in [6.07, 6.45) is 1.82. The zero-order valence-electron chi connectivity index (χ0n) is 27.2. The number of para-hydroxylation sites is 1. The molecular weight excluding hydrogens is 583 g/mol. The summed E-state index contributed by atoms with van der Waals surface area (Å²) in [6.45, 7) is 13.5. The molecule has 1 N–H and O–H groups in total. The van der Waals surface area contributed by atoms with Gasteiger partial charge in [0.15, 0.2) is 5.82 Å². The van der Waals surface area contributed by atoms with Crippen LogP contribution in [0.25, 0.3) is 45.0 Å². The van der Waals surface area contributed by atoms with Crippen LogP contribution in [0, 0.1) is 0 Å². The fourth-order valence-electron chi connectivity index (χ4n) is 5.30. The third-order valence-corrected chi connectivity index (χ3v) is 8.92. The SMILES string of the molecule is CC(C)(C)c1cc(-c2cc(-c3cc(Sc4ccccn4)cc(-c4ccccc4)c3)nc(-c3ccccc3O)n2)cc(C(C)(C)C)c1. The Bertz CT molecular complexity index is 1960. The number of aromatic nitrogens is 3. The molecule has 0 spiro atoms. The number of aromatic hydroxyl groups is 1. The molecule has 0 bridgehead atoms. The lowest BCUT2D eigenvalue weighted by atomic mass is 9.79. The van der Waals surface area contributed by atoms with Crippen molar-refractivity contribution < 1.29 is 5.11 Å². The molecule has 0 aliphatic carbocycles. The zero-order valence-corrected chi connectivity index (χ0v) is 28.1. The lowest BCUT2D eigenvalue weighted by Crippen LogP contribution is -2.16. The van der Waals surface area contributed by atoms with E-state index >= 15 is 0 Å². The second-order valence-corrected chi connectivity index (χ2v) is 14.8. The van der Waals surface area contributed by atoms with Gasteiger partial charge in [-0.25, -0.2) is 15.0 Å². The smallest absolute Gasteiger partial charge is 0.164 e. The van der Waals surface area contributed by atoms with Crippen molar-refractivity contribution in [3.8, 4) is 50.8 Å². The highest BCUT2D eigenvalue weighted by Gasteiger charge is 2.22. The van der Waals surface area contributed by atoms with Crippen LogP contribution in [0.3, 0.4) is 0 Å². The van der Waals surface area contributed by atoms with Crippen molar-refractivity contribution in [2.45, 2.75) is 62.3 Å². The molecular formula is C41H39N3OS. The van der Waals surface area contributed by atoms with Gasteiger partial charge < -0.3 is 5.11 Å². The topological polar surface area (TPSA) is 58.9 Å². The van der Waals surface area contributed by atoms with E-state index in [0.717, 1.165) is 43.6 Å². The Kier molecular flexibility index (Phi) is 8.54. The first-order chi connectivity index (χ1) is 21.9. The van der Waals surface area contributed by atoms with Crippen molar-refractivity contribution >= 4 is 11.8 Å². The molecule has 0 fully saturated rings. The van der Waals surface area contributed by atoms with E-state index in [2.05, 4.69) is 113 Å². The minimum absolute atomic E-state index is 0.0476. The van der Waals surface area contributed by atoms with Crippen molar-refractivity contribution in [3.05, 3.63) is 133 Å². The molecule has 0 unspecified atom stereocenters. The number of hydrogen-bond donors (Lipinski definition) is 1. The average molecular weight is 622 g/mol. The molecule has 6 aromatic rings. The minimum Gasteiger partial charge on any atom is -0.507 e. The second kappa shape index (κ2) is 12.6. The van der Waals surface area contributed by atoms with Gasteiger partial charge in [-0.1, -0.05) is 108 Å². The van der Waals surface area contributed by atoms with Crippen LogP contribution >= 0.6 is 11.8 Å². The van der Waals surface area contributed by atoms with Gasteiger partial charge in [-0.05, 0) is 93.7 Å². The predicted molar refractivity (Wildman–Crippen MR) is 191 cm³/mol. The van der Waals surface area contributed by atoms with Gasteiger partial charge in [0.05, 0.1) is 17.0 Å². The molecule has 0 saturated heterocycles. The first kappa shape index (κ1) is 31.3. The van der Waals surface area contributed by atoms with Crippen LogP contribution in [0.5, 0.6) is 5.75 Å². The van der Waals surface area contributed by atoms with E-state index < -0.39 is 0 Å². The van der Waals surface area contributed by atoms with E-state index in [1.165, 1.54) is 11.1 Å². The van der Waals surface area contributed by atoms with Crippen LogP contribution in [0.4, 0.5) is 0 Å². The summed E-state index contributed by atoms with van der Waals surface area (Å²) in [5.41, 5.74) is 8.78. The summed E-state index contributed by atoms with van der Waals surface area (Å²) < 4.78 is 0. The van der Waals surface area contributed by atoms with Crippen LogP contribution in [-0.4, -0.2) is 20.1 Å². The molecule has 6 rings (SSSR count). The van der Waals surface area contributed by atoms with Crippen LogP contribution in [0.1, 0.15) is 52.7 Å². The molecule has 230 valence electrons. The maximum absolute atomic E-state index is 10.9. The van der Waals surface area contributed by atoms with Crippen molar-refractivity contribution in [2.24, 2.45) is 0 Å². The molecule has 2 aromatic heterocycles. The highest BCUT2D eigenvalue weighted by atomic mass is 32.2. The van der Waals surface area contributed by atoms with Crippen molar-refractivity contribution in [2.75, 3.05) is 0 Å². The van der Waals surface area contributed by atoms with Gasteiger partial charge in [-0.3, -0.25) is 0 Å². The van der Waals surface area contributed by atoms with Gasteiger partial charge in [0.25, 0.3) is 0 Å². The van der Waals surface area contributed by atoms with Gasteiger partial charge in [-0.2, -0.15) is 0 Å². The van der Waals surface area contributed by atoms with Crippen LogP contribution in [0.2, 0.25) is 0 Å². The van der Waals surface area contributed by atoms with E-state index in [1.807, 2.05) is 48.7 Å². The number of benzene rings is 4. The number of phenolic OH excluding ortho intramolecular Hbond substituents is 1. The Morgan fingerprint density at radius 1 is 0.543 bits per heavy atom. The molecule has 0 amide bonds. The fraction of sp³-hybridized carbons (Fsp3) is 0.195. The summed E-state index contributed by atoms with van der Waals surface area (Å²) in [6, 6.07) is 39.1. The highest BCUT2D eigenvalue weighted by Crippen LogP contribution is 2.39. The quantitative estimate of drug-likeness (QED) is 0.200. The average Bonchev–Trinajstić information content (AvgIpc) is 3.04. The van der Waals surface area contributed by atoms with Gasteiger partial charge >= 0.3 is 0 Å². The van der Waals surface area contributed by atoms with E-state index in [4.69, 9.17) is 9.97 Å². The standard InChI is InChI=1S/C41H39N3OS/c1-40(2,3)31-21-30(22-32(25-31)41(4,5)6)36-26-35(43-39(44-36)34-16-10-11-17-37(34)45)29-20-28(27-14-8-7-9-15-27)23-33(24-29)46-38-18-12-13-19-42-38/h7-26,45H,1-6H3. The van der Waals surface area contributed by atoms with E-state index in [1.54, 1.807) is 17.8 Å². The summed E-state index contributed by atoms with van der Waals surface area (Å²) in [5, 5.41) is 11.8. The largest absolute Gasteiger partial charge is 0.507 e. The van der Waals surface area contributed by atoms with Crippen LogP contribution in [0.15, 0.2) is 131 Å². The molecule has 5 heteroatoms. The third kappa shape index (κ3) is 7.05.